The molecule has 0 bridgehead atoms. The van der Waals surface area contributed by atoms with Gasteiger partial charge in [0.2, 0.25) is 0 Å². The van der Waals surface area contributed by atoms with E-state index in [0.29, 0.717) is 19.2 Å². The summed E-state index contributed by atoms with van der Waals surface area (Å²) >= 11 is 1.81. The molecule has 0 aliphatic carbocycles. The topological polar surface area (TPSA) is 62.0 Å². The van der Waals surface area contributed by atoms with Gasteiger partial charge in [0, 0.05) is 39.2 Å². The van der Waals surface area contributed by atoms with Crippen molar-refractivity contribution in [2.45, 2.75) is 25.3 Å². The molecule has 1 saturated heterocycles. The third-order valence-corrected chi connectivity index (χ3v) is 5.39. The van der Waals surface area contributed by atoms with Crippen molar-refractivity contribution in [3.8, 4) is 0 Å². The molecule has 3 heterocycles. The predicted octanol–water partition coefficient (Wildman–Crippen LogP) is 3.35. The average Bonchev–Trinajstić information content (AvgIpc) is 3.36. The highest BCUT2D eigenvalue weighted by atomic mass is 127. The summed E-state index contributed by atoms with van der Waals surface area (Å²) in [5.41, 5.74) is 0. The molecule has 0 spiro atoms. The second-order valence-electron chi connectivity index (χ2n) is 6.34. The standard InChI is InChI=1S/C19H28N4O2S.HI/c1-24-14-10-21-19(20-9-6-17-4-2-13-25-17)22-16-7-11-23(12-8-16)18-5-3-15-26-18;/h2-5,13,15-16H,6-12,14H2,1H3,(H2,20,21,22);1H. The van der Waals surface area contributed by atoms with Crippen molar-refractivity contribution in [2.24, 2.45) is 4.99 Å². The van der Waals surface area contributed by atoms with E-state index in [1.165, 1.54) is 5.00 Å². The first kappa shape index (κ1) is 22.0. The number of thiophene rings is 1. The minimum atomic E-state index is 0. The number of ether oxygens (including phenoxy) is 1. The van der Waals surface area contributed by atoms with Crippen molar-refractivity contribution in [1.29, 1.82) is 0 Å². The summed E-state index contributed by atoms with van der Waals surface area (Å²) in [6.45, 7) is 4.23. The Balaban J connectivity index is 0.00000261. The van der Waals surface area contributed by atoms with E-state index in [1.807, 2.05) is 23.5 Å². The molecule has 2 aromatic rings. The van der Waals surface area contributed by atoms with Gasteiger partial charge >= 0.3 is 0 Å². The predicted molar refractivity (Wildman–Crippen MR) is 123 cm³/mol. The van der Waals surface area contributed by atoms with Crippen LogP contribution >= 0.6 is 35.3 Å². The number of anilines is 1. The lowest BCUT2D eigenvalue weighted by atomic mass is 10.1. The first-order valence-electron chi connectivity index (χ1n) is 9.20. The number of aliphatic imine (C=N–C) groups is 1. The van der Waals surface area contributed by atoms with Gasteiger partial charge in [-0.15, -0.1) is 35.3 Å². The molecule has 6 nitrogen and oxygen atoms in total. The molecule has 0 radical (unpaired) electrons. The molecule has 0 unspecified atom stereocenters. The molecule has 0 amide bonds. The first-order chi connectivity index (χ1) is 12.8. The van der Waals surface area contributed by atoms with Gasteiger partial charge in [-0.2, -0.15) is 0 Å². The Hall–Kier alpha value is -1.26. The van der Waals surface area contributed by atoms with Gasteiger partial charge in [-0.05, 0) is 42.5 Å². The summed E-state index contributed by atoms with van der Waals surface area (Å²) in [6.07, 6.45) is 4.78. The summed E-state index contributed by atoms with van der Waals surface area (Å²) in [5.74, 6) is 1.85. The Kier molecular flexibility index (Phi) is 10.00. The van der Waals surface area contributed by atoms with Gasteiger partial charge in [-0.1, -0.05) is 0 Å². The van der Waals surface area contributed by atoms with Crippen LogP contribution in [0.25, 0.3) is 0 Å². The highest BCUT2D eigenvalue weighted by molar-refractivity contribution is 14.0. The molecule has 0 atom stereocenters. The second kappa shape index (κ2) is 12.2. The molecular weight excluding hydrogens is 475 g/mol. The lowest BCUT2D eigenvalue weighted by molar-refractivity contribution is 0.207. The Bertz CT molecular complexity index is 641. The third-order valence-electron chi connectivity index (χ3n) is 4.46. The van der Waals surface area contributed by atoms with Crippen LogP contribution in [-0.4, -0.2) is 51.9 Å². The van der Waals surface area contributed by atoms with E-state index in [4.69, 9.17) is 9.15 Å². The van der Waals surface area contributed by atoms with E-state index in [0.717, 1.165) is 50.6 Å². The summed E-state index contributed by atoms with van der Waals surface area (Å²) in [5, 5.41) is 10.5. The number of hydrogen-bond acceptors (Lipinski definition) is 5. The van der Waals surface area contributed by atoms with Gasteiger partial charge in [-0.3, -0.25) is 4.99 Å². The van der Waals surface area contributed by atoms with Crippen LogP contribution in [0.3, 0.4) is 0 Å². The molecule has 0 saturated carbocycles. The number of methoxy groups -OCH3 is 1. The molecule has 1 fully saturated rings. The van der Waals surface area contributed by atoms with Crippen LogP contribution in [0.2, 0.25) is 0 Å². The van der Waals surface area contributed by atoms with Crippen LogP contribution in [0.5, 0.6) is 0 Å². The van der Waals surface area contributed by atoms with Gasteiger partial charge in [0.05, 0.1) is 24.4 Å². The molecule has 0 aromatic carbocycles. The number of hydrogen-bond donors (Lipinski definition) is 2. The Morgan fingerprint density at radius 2 is 2.19 bits per heavy atom. The maximum Gasteiger partial charge on any atom is 0.191 e. The molecule has 2 N–H and O–H groups in total. The number of nitrogens with zero attached hydrogens (tertiary/aromatic N) is 2. The molecular formula is C19H29IN4O2S. The van der Waals surface area contributed by atoms with Crippen LogP contribution in [-0.2, 0) is 11.2 Å². The molecule has 27 heavy (non-hydrogen) atoms. The summed E-state index contributed by atoms with van der Waals surface area (Å²) in [6, 6.07) is 8.68. The zero-order valence-corrected chi connectivity index (χ0v) is 18.9. The lowest BCUT2D eigenvalue weighted by Gasteiger charge is -2.33. The van der Waals surface area contributed by atoms with Gasteiger partial charge < -0.3 is 24.7 Å². The highest BCUT2D eigenvalue weighted by Crippen LogP contribution is 2.24. The molecule has 2 aromatic heterocycles. The quantitative estimate of drug-likeness (QED) is 0.250. The molecule has 8 heteroatoms. The Labute approximate surface area is 182 Å². The number of piperidine rings is 1. The monoisotopic (exact) mass is 504 g/mol. The normalized spacial score (nSPS) is 15.4. The third kappa shape index (κ3) is 7.34. The van der Waals surface area contributed by atoms with Gasteiger partial charge in [0.25, 0.3) is 0 Å². The van der Waals surface area contributed by atoms with Gasteiger partial charge in [-0.25, -0.2) is 0 Å². The lowest BCUT2D eigenvalue weighted by Crippen LogP contribution is -2.49. The van der Waals surface area contributed by atoms with E-state index in [9.17, 15) is 0 Å². The van der Waals surface area contributed by atoms with E-state index >= 15 is 0 Å². The van der Waals surface area contributed by atoms with Crippen LogP contribution in [0, 0.1) is 0 Å². The van der Waals surface area contributed by atoms with Crippen molar-refractivity contribution in [1.82, 2.24) is 10.6 Å². The van der Waals surface area contributed by atoms with Crippen LogP contribution in [0.15, 0.2) is 45.3 Å². The van der Waals surface area contributed by atoms with Gasteiger partial charge in [0.15, 0.2) is 5.96 Å². The smallest absolute Gasteiger partial charge is 0.191 e. The SMILES string of the molecule is COCCN=C(NCCc1ccco1)NC1CCN(c2cccs2)CC1.I. The van der Waals surface area contributed by atoms with Crippen LogP contribution in [0.4, 0.5) is 5.00 Å². The first-order valence-corrected chi connectivity index (χ1v) is 10.1. The number of nitrogens with one attached hydrogen (secondary N) is 2. The fourth-order valence-electron chi connectivity index (χ4n) is 3.05. The maximum absolute atomic E-state index is 5.39. The summed E-state index contributed by atoms with van der Waals surface area (Å²) in [4.78, 5) is 7.09. The highest BCUT2D eigenvalue weighted by Gasteiger charge is 2.20. The largest absolute Gasteiger partial charge is 0.469 e. The van der Waals surface area contributed by atoms with Crippen molar-refractivity contribution in [3.05, 3.63) is 41.7 Å². The molecule has 150 valence electrons. The van der Waals surface area contributed by atoms with E-state index in [2.05, 4.69) is 38.0 Å². The van der Waals surface area contributed by atoms with Crippen LogP contribution < -0.4 is 15.5 Å². The van der Waals surface area contributed by atoms with Crippen molar-refractivity contribution >= 4 is 46.3 Å². The summed E-state index contributed by atoms with van der Waals surface area (Å²) in [7, 11) is 1.70. The van der Waals surface area contributed by atoms with Gasteiger partial charge in [0.1, 0.15) is 5.76 Å². The van der Waals surface area contributed by atoms with E-state index < -0.39 is 0 Å². The zero-order valence-electron chi connectivity index (χ0n) is 15.7. The van der Waals surface area contributed by atoms with E-state index in [-0.39, 0.29) is 24.0 Å². The molecule has 1 aliphatic heterocycles. The molecule has 1 aliphatic rings. The maximum atomic E-state index is 5.39. The minimum absolute atomic E-state index is 0. The average molecular weight is 504 g/mol. The fraction of sp³-hybridized carbons (Fsp3) is 0.526. The van der Waals surface area contributed by atoms with E-state index in [1.54, 1.807) is 13.4 Å². The number of rotatable bonds is 8. The minimum Gasteiger partial charge on any atom is -0.469 e. The molecule has 3 rings (SSSR count). The zero-order chi connectivity index (χ0) is 18.0. The second-order valence-corrected chi connectivity index (χ2v) is 7.26. The fourth-order valence-corrected chi connectivity index (χ4v) is 3.83. The Morgan fingerprint density at radius 3 is 2.85 bits per heavy atom. The van der Waals surface area contributed by atoms with Crippen molar-refractivity contribution in [2.75, 3.05) is 44.8 Å². The van der Waals surface area contributed by atoms with Crippen molar-refractivity contribution < 1.29 is 9.15 Å². The number of guanidine groups is 1. The summed E-state index contributed by atoms with van der Waals surface area (Å²) < 4.78 is 10.5. The van der Waals surface area contributed by atoms with Crippen molar-refractivity contribution in [3.63, 3.8) is 0 Å². The van der Waals surface area contributed by atoms with Crippen LogP contribution in [0.1, 0.15) is 18.6 Å². The number of furan rings is 1. The Morgan fingerprint density at radius 1 is 1.33 bits per heavy atom. The number of halogens is 1.